The van der Waals surface area contributed by atoms with Crippen molar-refractivity contribution in [3.8, 4) is 6.07 Å². The fraction of sp³-hybridized carbons (Fsp3) is 0.188. The van der Waals surface area contributed by atoms with Crippen LogP contribution in [0.25, 0.3) is 0 Å². The molecule has 0 aliphatic carbocycles. The minimum atomic E-state index is -4.32. The Labute approximate surface area is 120 Å². The van der Waals surface area contributed by atoms with Gasteiger partial charge in [-0.25, -0.2) is 0 Å². The Kier molecular flexibility index (Phi) is 4.49. The molecule has 2 aromatic carbocycles. The van der Waals surface area contributed by atoms with Crippen molar-refractivity contribution in [2.45, 2.75) is 19.1 Å². The predicted octanol–water partition coefficient (Wildman–Crippen LogP) is 4.38. The number of hydrogen-bond acceptors (Lipinski definition) is 2. The molecule has 0 bridgehead atoms. The summed E-state index contributed by atoms with van der Waals surface area (Å²) in [6.45, 7) is 0.307. The number of halogens is 3. The number of anilines is 1. The monoisotopic (exact) mass is 290 g/mol. The van der Waals surface area contributed by atoms with Gasteiger partial charge in [-0.05, 0) is 35.4 Å². The second kappa shape index (κ2) is 6.31. The highest BCUT2D eigenvalue weighted by atomic mass is 19.4. The fourth-order valence-corrected chi connectivity index (χ4v) is 1.89. The lowest BCUT2D eigenvalue weighted by atomic mass is 10.1. The quantitative estimate of drug-likeness (QED) is 0.906. The second-order valence-corrected chi connectivity index (χ2v) is 4.58. The van der Waals surface area contributed by atoms with Crippen LogP contribution in [0.3, 0.4) is 0 Å². The zero-order valence-corrected chi connectivity index (χ0v) is 11.1. The number of nitrogens with one attached hydrogen (secondary N) is 1. The van der Waals surface area contributed by atoms with E-state index < -0.39 is 11.7 Å². The normalized spacial score (nSPS) is 11.0. The van der Waals surface area contributed by atoms with Crippen LogP contribution < -0.4 is 5.32 Å². The first-order valence-electron chi connectivity index (χ1n) is 6.35. The molecule has 0 aliphatic heterocycles. The smallest absolute Gasteiger partial charge is 0.381 e. The standard InChI is InChI=1S/C16H13F3N2/c17-16(18,19)14-3-1-2-13(10-14)11-21-15-6-4-12(5-7-15)8-9-20/h1-7,10,21H,8,11H2. The van der Waals surface area contributed by atoms with Gasteiger partial charge in [0, 0.05) is 12.2 Å². The minimum absolute atomic E-state index is 0.307. The molecule has 0 radical (unpaired) electrons. The van der Waals surface area contributed by atoms with Gasteiger partial charge in [0.1, 0.15) is 0 Å². The Hall–Kier alpha value is -2.48. The Morgan fingerprint density at radius 2 is 1.71 bits per heavy atom. The molecular formula is C16H13F3N2. The lowest BCUT2D eigenvalue weighted by Gasteiger charge is -2.10. The average Bonchev–Trinajstić information content (AvgIpc) is 2.46. The molecule has 0 unspecified atom stereocenters. The van der Waals surface area contributed by atoms with Gasteiger partial charge in [-0.15, -0.1) is 0 Å². The first-order chi connectivity index (χ1) is 9.99. The van der Waals surface area contributed by atoms with Gasteiger partial charge in [0.2, 0.25) is 0 Å². The Morgan fingerprint density at radius 3 is 2.33 bits per heavy atom. The summed E-state index contributed by atoms with van der Waals surface area (Å²) in [5.41, 5.74) is 1.62. The van der Waals surface area contributed by atoms with Crippen LogP contribution in [-0.4, -0.2) is 0 Å². The summed E-state index contributed by atoms with van der Waals surface area (Å²) in [6.07, 6.45) is -3.98. The highest BCUT2D eigenvalue weighted by Crippen LogP contribution is 2.29. The van der Waals surface area contributed by atoms with E-state index >= 15 is 0 Å². The van der Waals surface area contributed by atoms with Crippen molar-refractivity contribution in [3.63, 3.8) is 0 Å². The summed E-state index contributed by atoms with van der Waals surface area (Å²) >= 11 is 0. The molecule has 1 N–H and O–H groups in total. The molecule has 0 heterocycles. The number of benzene rings is 2. The average molecular weight is 290 g/mol. The van der Waals surface area contributed by atoms with Gasteiger partial charge in [0.05, 0.1) is 18.1 Å². The Bertz CT molecular complexity index is 640. The summed E-state index contributed by atoms with van der Waals surface area (Å²) in [7, 11) is 0. The number of rotatable bonds is 4. The van der Waals surface area contributed by atoms with Crippen LogP contribution in [0.5, 0.6) is 0 Å². The molecule has 2 nitrogen and oxygen atoms in total. The summed E-state index contributed by atoms with van der Waals surface area (Å²) < 4.78 is 37.8. The van der Waals surface area contributed by atoms with E-state index in [1.165, 1.54) is 6.07 Å². The highest BCUT2D eigenvalue weighted by molar-refractivity contribution is 5.45. The molecule has 108 valence electrons. The Morgan fingerprint density at radius 1 is 1.00 bits per heavy atom. The molecule has 0 saturated carbocycles. The van der Waals surface area contributed by atoms with E-state index in [-0.39, 0.29) is 0 Å². The lowest BCUT2D eigenvalue weighted by molar-refractivity contribution is -0.137. The lowest BCUT2D eigenvalue weighted by Crippen LogP contribution is -2.06. The van der Waals surface area contributed by atoms with E-state index in [9.17, 15) is 13.2 Å². The zero-order chi connectivity index (χ0) is 15.3. The predicted molar refractivity (Wildman–Crippen MR) is 74.5 cm³/mol. The molecule has 0 atom stereocenters. The Balaban J connectivity index is 2.01. The number of nitriles is 1. The summed E-state index contributed by atoms with van der Waals surface area (Å²) in [5.74, 6) is 0. The maximum atomic E-state index is 12.6. The van der Waals surface area contributed by atoms with E-state index in [0.717, 1.165) is 23.4 Å². The van der Waals surface area contributed by atoms with E-state index in [4.69, 9.17) is 5.26 Å². The van der Waals surface area contributed by atoms with E-state index in [1.54, 1.807) is 18.2 Å². The van der Waals surface area contributed by atoms with Crippen LogP contribution in [-0.2, 0) is 19.1 Å². The van der Waals surface area contributed by atoms with Gasteiger partial charge in [-0.3, -0.25) is 0 Å². The van der Waals surface area contributed by atoms with Crippen molar-refractivity contribution in [1.29, 1.82) is 5.26 Å². The first-order valence-corrected chi connectivity index (χ1v) is 6.35. The molecule has 0 saturated heterocycles. The third-order valence-electron chi connectivity index (χ3n) is 2.99. The van der Waals surface area contributed by atoms with Crippen LogP contribution in [0.2, 0.25) is 0 Å². The van der Waals surface area contributed by atoms with Gasteiger partial charge in [0.25, 0.3) is 0 Å². The molecule has 0 spiro atoms. The fourth-order valence-electron chi connectivity index (χ4n) is 1.89. The van der Waals surface area contributed by atoms with Crippen molar-refractivity contribution in [1.82, 2.24) is 0 Å². The number of hydrogen-bond donors (Lipinski definition) is 1. The highest BCUT2D eigenvalue weighted by Gasteiger charge is 2.30. The maximum absolute atomic E-state index is 12.6. The summed E-state index contributed by atoms with van der Waals surface area (Å²) in [4.78, 5) is 0. The van der Waals surface area contributed by atoms with Crippen LogP contribution in [0.4, 0.5) is 18.9 Å². The molecule has 21 heavy (non-hydrogen) atoms. The van der Waals surface area contributed by atoms with Gasteiger partial charge in [-0.2, -0.15) is 18.4 Å². The molecule has 2 rings (SSSR count). The first kappa shape index (κ1) is 14.9. The van der Waals surface area contributed by atoms with Gasteiger partial charge >= 0.3 is 6.18 Å². The third-order valence-corrected chi connectivity index (χ3v) is 2.99. The molecule has 5 heteroatoms. The van der Waals surface area contributed by atoms with Crippen LogP contribution in [0.15, 0.2) is 48.5 Å². The maximum Gasteiger partial charge on any atom is 0.416 e. The SMILES string of the molecule is N#CCc1ccc(NCc2cccc(C(F)(F)F)c2)cc1. The van der Waals surface area contributed by atoms with Gasteiger partial charge < -0.3 is 5.32 Å². The van der Waals surface area contributed by atoms with Crippen molar-refractivity contribution in [3.05, 3.63) is 65.2 Å². The number of alkyl halides is 3. The van der Waals surface area contributed by atoms with Gasteiger partial charge in [0.15, 0.2) is 0 Å². The molecule has 0 aromatic heterocycles. The molecule has 2 aromatic rings. The second-order valence-electron chi connectivity index (χ2n) is 4.58. The van der Waals surface area contributed by atoms with Crippen LogP contribution in [0.1, 0.15) is 16.7 Å². The largest absolute Gasteiger partial charge is 0.416 e. The van der Waals surface area contributed by atoms with E-state index in [1.807, 2.05) is 12.1 Å². The van der Waals surface area contributed by atoms with Crippen LogP contribution in [0, 0.1) is 11.3 Å². The van der Waals surface area contributed by atoms with Crippen molar-refractivity contribution < 1.29 is 13.2 Å². The van der Waals surface area contributed by atoms with Gasteiger partial charge in [-0.1, -0.05) is 24.3 Å². The van der Waals surface area contributed by atoms with Crippen molar-refractivity contribution in [2.24, 2.45) is 0 Å². The summed E-state index contributed by atoms with van der Waals surface area (Å²) in [5, 5.41) is 11.6. The molecule has 0 aliphatic rings. The minimum Gasteiger partial charge on any atom is -0.381 e. The summed E-state index contributed by atoms with van der Waals surface area (Å²) in [6, 6.07) is 14.5. The molecule has 0 fully saturated rings. The third kappa shape index (κ3) is 4.25. The molecular weight excluding hydrogens is 277 g/mol. The van der Waals surface area contributed by atoms with Crippen LogP contribution >= 0.6 is 0 Å². The topological polar surface area (TPSA) is 35.8 Å². The van der Waals surface area contributed by atoms with E-state index in [0.29, 0.717) is 18.5 Å². The number of nitrogens with zero attached hydrogens (tertiary/aromatic N) is 1. The molecule has 0 amide bonds. The van der Waals surface area contributed by atoms with Crippen molar-refractivity contribution >= 4 is 5.69 Å². The zero-order valence-electron chi connectivity index (χ0n) is 11.1. The van der Waals surface area contributed by atoms with Crippen molar-refractivity contribution in [2.75, 3.05) is 5.32 Å². The van der Waals surface area contributed by atoms with E-state index in [2.05, 4.69) is 11.4 Å².